The molecule has 2 nitrogen and oxygen atoms in total. The van der Waals surface area contributed by atoms with Gasteiger partial charge in [-0.25, -0.2) is 0 Å². The quantitative estimate of drug-likeness (QED) is 0.797. The third kappa shape index (κ3) is 2.58. The van der Waals surface area contributed by atoms with Crippen molar-refractivity contribution in [1.29, 1.82) is 0 Å². The average molecular weight is 208 g/mol. The van der Waals surface area contributed by atoms with Gasteiger partial charge in [-0.05, 0) is 18.9 Å². The molecular formula is C13H20O2. The molecule has 1 rings (SSSR count). The van der Waals surface area contributed by atoms with Crippen LogP contribution in [0.4, 0.5) is 0 Å². The topological polar surface area (TPSA) is 40.5 Å². The lowest BCUT2D eigenvalue weighted by Gasteiger charge is -2.33. The maximum atomic E-state index is 10.4. The van der Waals surface area contributed by atoms with Gasteiger partial charge >= 0.3 is 0 Å². The first kappa shape index (κ1) is 12.2. The molecule has 84 valence electrons. The van der Waals surface area contributed by atoms with Crippen LogP contribution in [0.1, 0.15) is 32.8 Å². The molecule has 0 bridgehead atoms. The molecule has 0 amide bonds. The van der Waals surface area contributed by atoms with Gasteiger partial charge in [0.15, 0.2) is 0 Å². The van der Waals surface area contributed by atoms with E-state index in [0.717, 1.165) is 5.56 Å². The van der Waals surface area contributed by atoms with E-state index in [2.05, 4.69) is 0 Å². The van der Waals surface area contributed by atoms with E-state index < -0.39 is 11.7 Å². The zero-order valence-corrected chi connectivity index (χ0v) is 9.64. The first-order chi connectivity index (χ1) is 7.00. The summed E-state index contributed by atoms with van der Waals surface area (Å²) in [5.41, 5.74) is -0.124. The Hall–Kier alpha value is -0.860. The van der Waals surface area contributed by atoms with Crippen LogP contribution in [0.3, 0.4) is 0 Å². The predicted molar refractivity (Wildman–Crippen MR) is 61.5 cm³/mol. The van der Waals surface area contributed by atoms with Crippen LogP contribution in [0.2, 0.25) is 0 Å². The van der Waals surface area contributed by atoms with E-state index in [1.54, 1.807) is 6.92 Å². The molecule has 0 unspecified atom stereocenters. The summed E-state index contributed by atoms with van der Waals surface area (Å²) >= 11 is 0. The molecule has 0 radical (unpaired) electrons. The van der Waals surface area contributed by atoms with Crippen LogP contribution in [0, 0.1) is 5.92 Å². The highest BCUT2D eigenvalue weighted by atomic mass is 16.3. The fourth-order valence-electron chi connectivity index (χ4n) is 1.77. The molecular weight excluding hydrogens is 188 g/mol. The van der Waals surface area contributed by atoms with E-state index in [-0.39, 0.29) is 5.92 Å². The molecule has 3 atom stereocenters. The third-order valence-electron chi connectivity index (χ3n) is 3.24. The molecule has 0 aromatic heterocycles. The van der Waals surface area contributed by atoms with Gasteiger partial charge in [0.1, 0.15) is 0 Å². The van der Waals surface area contributed by atoms with Gasteiger partial charge in [0.25, 0.3) is 0 Å². The molecule has 1 aromatic carbocycles. The van der Waals surface area contributed by atoms with E-state index in [0.29, 0.717) is 6.42 Å². The number of hydrogen-bond donors (Lipinski definition) is 2. The average Bonchev–Trinajstić information content (AvgIpc) is 2.28. The van der Waals surface area contributed by atoms with Crippen molar-refractivity contribution in [2.45, 2.75) is 38.9 Å². The van der Waals surface area contributed by atoms with E-state index in [9.17, 15) is 10.2 Å². The molecule has 0 aliphatic carbocycles. The summed E-state index contributed by atoms with van der Waals surface area (Å²) in [6, 6.07) is 9.49. The highest BCUT2D eigenvalue weighted by molar-refractivity contribution is 5.22. The zero-order valence-electron chi connectivity index (χ0n) is 9.64. The lowest BCUT2D eigenvalue weighted by molar-refractivity contribution is -0.0565. The van der Waals surface area contributed by atoms with Gasteiger partial charge < -0.3 is 10.2 Å². The van der Waals surface area contributed by atoms with Crippen molar-refractivity contribution in [3.63, 3.8) is 0 Å². The summed E-state index contributed by atoms with van der Waals surface area (Å²) in [6.45, 7) is 5.55. The van der Waals surface area contributed by atoms with E-state index in [1.165, 1.54) is 0 Å². The van der Waals surface area contributed by atoms with Crippen molar-refractivity contribution in [2.24, 2.45) is 5.92 Å². The van der Waals surface area contributed by atoms with Gasteiger partial charge in [-0.1, -0.05) is 44.2 Å². The standard InChI is InChI=1S/C13H20O2/c1-4-12(14)10(2)13(3,15)11-8-6-5-7-9-11/h5-10,12,14-15H,4H2,1-3H3/t10-,12+,13+/m0/s1. The molecule has 0 fully saturated rings. The van der Waals surface area contributed by atoms with Gasteiger partial charge in [-0.15, -0.1) is 0 Å². The van der Waals surface area contributed by atoms with E-state index >= 15 is 0 Å². The van der Waals surface area contributed by atoms with Crippen LogP contribution in [-0.2, 0) is 5.60 Å². The van der Waals surface area contributed by atoms with E-state index in [4.69, 9.17) is 0 Å². The Morgan fingerprint density at radius 2 is 1.80 bits per heavy atom. The van der Waals surface area contributed by atoms with Crippen LogP contribution >= 0.6 is 0 Å². The molecule has 0 saturated heterocycles. The van der Waals surface area contributed by atoms with Crippen molar-refractivity contribution < 1.29 is 10.2 Å². The van der Waals surface area contributed by atoms with Crippen LogP contribution < -0.4 is 0 Å². The van der Waals surface area contributed by atoms with Crippen molar-refractivity contribution in [1.82, 2.24) is 0 Å². The second-order valence-electron chi connectivity index (χ2n) is 4.28. The first-order valence-electron chi connectivity index (χ1n) is 5.46. The summed E-state index contributed by atoms with van der Waals surface area (Å²) < 4.78 is 0. The van der Waals surface area contributed by atoms with Crippen LogP contribution in [0.25, 0.3) is 0 Å². The number of benzene rings is 1. The molecule has 0 heterocycles. The number of rotatable bonds is 4. The molecule has 2 heteroatoms. The number of aliphatic hydroxyl groups is 2. The summed E-state index contributed by atoms with van der Waals surface area (Å²) in [4.78, 5) is 0. The lowest BCUT2D eigenvalue weighted by atomic mass is 9.80. The Labute approximate surface area is 91.6 Å². The highest BCUT2D eigenvalue weighted by Gasteiger charge is 2.34. The Morgan fingerprint density at radius 1 is 1.27 bits per heavy atom. The molecule has 0 aliphatic rings. The minimum absolute atomic E-state index is 0.176. The fourth-order valence-corrected chi connectivity index (χ4v) is 1.77. The Bertz CT molecular complexity index is 293. The highest BCUT2D eigenvalue weighted by Crippen LogP contribution is 2.31. The maximum absolute atomic E-state index is 10.4. The Kier molecular flexibility index (Phi) is 3.89. The van der Waals surface area contributed by atoms with E-state index in [1.807, 2.05) is 44.2 Å². The van der Waals surface area contributed by atoms with Crippen LogP contribution in [0.5, 0.6) is 0 Å². The largest absolute Gasteiger partial charge is 0.393 e. The Balaban J connectivity index is 2.92. The summed E-state index contributed by atoms with van der Waals surface area (Å²) in [5.74, 6) is -0.176. The molecule has 0 saturated carbocycles. The normalized spacial score (nSPS) is 19.3. The summed E-state index contributed by atoms with van der Waals surface area (Å²) in [6.07, 6.45) is 0.185. The molecule has 0 aliphatic heterocycles. The van der Waals surface area contributed by atoms with Gasteiger partial charge in [0, 0.05) is 5.92 Å². The molecule has 2 N–H and O–H groups in total. The minimum Gasteiger partial charge on any atom is -0.393 e. The lowest BCUT2D eigenvalue weighted by Crippen LogP contribution is -2.37. The molecule has 0 spiro atoms. The number of hydrogen-bond acceptors (Lipinski definition) is 2. The van der Waals surface area contributed by atoms with Gasteiger partial charge in [-0.2, -0.15) is 0 Å². The first-order valence-corrected chi connectivity index (χ1v) is 5.46. The maximum Gasteiger partial charge on any atom is 0.0918 e. The number of aliphatic hydroxyl groups excluding tert-OH is 1. The smallest absolute Gasteiger partial charge is 0.0918 e. The second kappa shape index (κ2) is 4.77. The van der Waals surface area contributed by atoms with Crippen molar-refractivity contribution in [3.05, 3.63) is 35.9 Å². The Morgan fingerprint density at radius 3 is 2.27 bits per heavy atom. The van der Waals surface area contributed by atoms with Crippen molar-refractivity contribution in [3.8, 4) is 0 Å². The van der Waals surface area contributed by atoms with Crippen molar-refractivity contribution >= 4 is 0 Å². The third-order valence-corrected chi connectivity index (χ3v) is 3.24. The monoisotopic (exact) mass is 208 g/mol. The van der Waals surface area contributed by atoms with Crippen molar-refractivity contribution in [2.75, 3.05) is 0 Å². The predicted octanol–water partition coefficient (Wildman–Crippen LogP) is 2.30. The molecule has 15 heavy (non-hydrogen) atoms. The second-order valence-corrected chi connectivity index (χ2v) is 4.28. The SMILES string of the molecule is CC[C@@H](O)[C@H](C)[C@@](C)(O)c1ccccc1. The van der Waals surface area contributed by atoms with Crippen LogP contribution in [-0.4, -0.2) is 16.3 Å². The minimum atomic E-state index is -0.976. The zero-order chi connectivity index (χ0) is 11.5. The molecule has 1 aromatic rings. The summed E-state index contributed by atoms with van der Waals surface area (Å²) in [7, 11) is 0. The van der Waals surface area contributed by atoms with Crippen LogP contribution in [0.15, 0.2) is 30.3 Å². The summed E-state index contributed by atoms with van der Waals surface area (Å²) in [5, 5.41) is 20.2. The van der Waals surface area contributed by atoms with Gasteiger partial charge in [-0.3, -0.25) is 0 Å². The van der Waals surface area contributed by atoms with Gasteiger partial charge in [0.05, 0.1) is 11.7 Å². The fraction of sp³-hybridized carbons (Fsp3) is 0.538. The van der Waals surface area contributed by atoms with Gasteiger partial charge in [0.2, 0.25) is 0 Å².